The van der Waals surface area contributed by atoms with Crippen molar-refractivity contribution >= 4 is 17.4 Å². The summed E-state index contributed by atoms with van der Waals surface area (Å²) in [5.41, 5.74) is 1.68. The Kier molecular flexibility index (Phi) is 7.00. The van der Waals surface area contributed by atoms with Crippen LogP contribution in [0.25, 0.3) is 5.65 Å². The van der Waals surface area contributed by atoms with Gasteiger partial charge in [-0.15, -0.1) is 15.3 Å². The first kappa shape index (κ1) is 21.8. The third-order valence-corrected chi connectivity index (χ3v) is 5.43. The molecule has 170 valence electrons. The molecule has 3 aromatic rings. The fourth-order valence-corrected chi connectivity index (χ4v) is 3.65. The molecule has 0 bridgehead atoms. The Morgan fingerprint density at radius 3 is 2.72 bits per heavy atom. The number of benzene rings is 1. The number of rotatable bonds is 9. The predicted octanol–water partition coefficient (Wildman–Crippen LogP) is 1.27. The second-order valence-electron chi connectivity index (χ2n) is 7.45. The van der Waals surface area contributed by atoms with Crippen molar-refractivity contribution in [3.8, 4) is 11.5 Å². The predicted molar refractivity (Wildman–Crippen MR) is 118 cm³/mol. The third-order valence-electron chi connectivity index (χ3n) is 5.43. The first-order valence-corrected chi connectivity index (χ1v) is 10.7. The van der Waals surface area contributed by atoms with Crippen molar-refractivity contribution in [3.63, 3.8) is 0 Å². The van der Waals surface area contributed by atoms with Gasteiger partial charge < -0.3 is 24.4 Å². The maximum Gasteiger partial charge on any atom is 0.220 e. The van der Waals surface area contributed by atoms with E-state index in [9.17, 15) is 4.79 Å². The molecule has 1 saturated heterocycles. The van der Waals surface area contributed by atoms with E-state index in [1.54, 1.807) is 18.7 Å². The highest BCUT2D eigenvalue weighted by Gasteiger charge is 2.15. The summed E-state index contributed by atoms with van der Waals surface area (Å²) in [6, 6.07) is 9.51. The van der Waals surface area contributed by atoms with Crippen molar-refractivity contribution < 1.29 is 19.0 Å². The van der Waals surface area contributed by atoms with E-state index >= 15 is 0 Å². The number of carbonyl (C=O) groups is 1. The molecule has 0 saturated carbocycles. The standard InChI is InChI=1S/C22H28N6O4/c1-30-17-4-3-16(18(15-17)31-2)9-10-23-22(29)8-7-20-25-24-19-5-6-21(26-28(19)20)27-11-13-32-14-12-27/h3-6,15H,7-14H2,1-2H3,(H,23,29). The molecule has 4 rings (SSSR count). The summed E-state index contributed by atoms with van der Waals surface area (Å²) in [4.78, 5) is 14.5. The number of amides is 1. The van der Waals surface area contributed by atoms with Crippen LogP contribution in [0.5, 0.6) is 11.5 Å². The zero-order chi connectivity index (χ0) is 22.3. The van der Waals surface area contributed by atoms with E-state index in [4.69, 9.17) is 14.2 Å². The number of methoxy groups -OCH3 is 2. The zero-order valence-electron chi connectivity index (χ0n) is 18.4. The van der Waals surface area contributed by atoms with Crippen molar-refractivity contribution in [1.82, 2.24) is 25.1 Å². The van der Waals surface area contributed by atoms with Gasteiger partial charge in [-0.05, 0) is 30.2 Å². The number of fused-ring (bicyclic) bond motifs is 1. The van der Waals surface area contributed by atoms with Crippen LogP contribution in [0.1, 0.15) is 17.8 Å². The van der Waals surface area contributed by atoms with Gasteiger partial charge in [0.05, 0.1) is 27.4 Å². The Morgan fingerprint density at radius 2 is 1.94 bits per heavy atom. The van der Waals surface area contributed by atoms with Gasteiger partial charge >= 0.3 is 0 Å². The van der Waals surface area contributed by atoms with Crippen LogP contribution in [0, 0.1) is 0 Å². The van der Waals surface area contributed by atoms with Crippen LogP contribution in [0.2, 0.25) is 0 Å². The maximum atomic E-state index is 12.4. The lowest BCUT2D eigenvalue weighted by Crippen LogP contribution is -2.37. The summed E-state index contributed by atoms with van der Waals surface area (Å²) in [6.07, 6.45) is 1.43. The van der Waals surface area contributed by atoms with Gasteiger partial charge in [0.2, 0.25) is 5.91 Å². The summed E-state index contributed by atoms with van der Waals surface area (Å²) in [7, 11) is 3.24. The first-order chi connectivity index (χ1) is 15.7. The number of aromatic nitrogens is 4. The molecule has 1 fully saturated rings. The Labute approximate surface area is 186 Å². The monoisotopic (exact) mass is 440 g/mol. The molecule has 0 unspecified atom stereocenters. The minimum Gasteiger partial charge on any atom is -0.497 e. The number of carbonyl (C=O) groups excluding carboxylic acids is 1. The van der Waals surface area contributed by atoms with E-state index in [0.29, 0.717) is 50.5 Å². The van der Waals surface area contributed by atoms with Gasteiger partial charge in [0.15, 0.2) is 11.5 Å². The summed E-state index contributed by atoms with van der Waals surface area (Å²) >= 11 is 0. The van der Waals surface area contributed by atoms with Gasteiger partial charge in [-0.1, -0.05) is 6.07 Å². The topological polar surface area (TPSA) is 103 Å². The number of nitrogens with zero attached hydrogens (tertiary/aromatic N) is 5. The van der Waals surface area contributed by atoms with Crippen LogP contribution in [-0.2, 0) is 22.4 Å². The fraction of sp³-hybridized carbons (Fsp3) is 0.455. The quantitative estimate of drug-likeness (QED) is 0.531. The lowest BCUT2D eigenvalue weighted by Gasteiger charge is -2.27. The van der Waals surface area contributed by atoms with E-state index in [0.717, 1.165) is 36.0 Å². The van der Waals surface area contributed by atoms with Crippen LogP contribution in [0.3, 0.4) is 0 Å². The second kappa shape index (κ2) is 10.3. The molecule has 1 aromatic carbocycles. The van der Waals surface area contributed by atoms with Crippen molar-refractivity contribution in [2.45, 2.75) is 19.3 Å². The van der Waals surface area contributed by atoms with Crippen molar-refractivity contribution in [2.75, 3.05) is 52.0 Å². The van der Waals surface area contributed by atoms with Crippen LogP contribution in [0.4, 0.5) is 5.82 Å². The number of hydrogen-bond acceptors (Lipinski definition) is 8. The molecule has 10 heteroatoms. The second-order valence-corrected chi connectivity index (χ2v) is 7.45. The summed E-state index contributed by atoms with van der Waals surface area (Å²) < 4.78 is 17.8. The molecule has 1 amide bonds. The van der Waals surface area contributed by atoms with Crippen LogP contribution < -0.4 is 19.7 Å². The lowest BCUT2D eigenvalue weighted by molar-refractivity contribution is -0.121. The lowest BCUT2D eigenvalue weighted by atomic mass is 10.1. The smallest absolute Gasteiger partial charge is 0.220 e. The highest BCUT2D eigenvalue weighted by molar-refractivity contribution is 5.76. The van der Waals surface area contributed by atoms with Gasteiger partial charge in [0, 0.05) is 38.5 Å². The minimum atomic E-state index is -0.0430. The summed E-state index contributed by atoms with van der Waals surface area (Å²) in [6.45, 7) is 3.50. The Bertz CT molecular complexity index is 1060. The number of hydrogen-bond donors (Lipinski definition) is 1. The van der Waals surface area contributed by atoms with E-state index in [1.807, 2.05) is 30.3 Å². The first-order valence-electron chi connectivity index (χ1n) is 10.7. The molecule has 0 spiro atoms. The normalized spacial score (nSPS) is 13.9. The highest BCUT2D eigenvalue weighted by Crippen LogP contribution is 2.24. The molecule has 32 heavy (non-hydrogen) atoms. The molecule has 0 radical (unpaired) electrons. The molecule has 1 N–H and O–H groups in total. The number of morpholine rings is 1. The molecule has 1 aliphatic heterocycles. The average molecular weight is 441 g/mol. The molecule has 2 aromatic heterocycles. The van der Waals surface area contributed by atoms with Crippen molar-refractivity contribution in [3.05, 3.63) is 41.7 Å². The summed E-state index contributed by atoms with van der Waals surface area (Å²) in [5.74, 6) is 2.97. The number of aryl methyl sites for hydroxylation is 1. The number of nitrogens with one attached hydrogen (secondary N) is 1. The van der Waals surface area contributed by atoms with Gasteiger partial charge in [0.25, 0.3) is 0 Å². The van der Waals surface area contributed by atoms with Crippen LogP contribution in [0.15, 0.2) is 30.3 Å². The molecule has 10 nitrogen and oxygen atoms in total. The molecule has 1 aliphatic rings. The van der Waals surface area contributed by atoms with Gasteiger partial charge in [-0.25, -0.2) is 0 Å². The Morgan fingerprint density at radius 1 is 1.09 bits per heavy atom. The van der Waals surface area contributed by atoms with E-state index in [-0.39, 0.29) is 5.91 Å². The molecular formula is C22H28N6O4. The van der Waals surface area contributed by atoms with Gasteiger partial charge in [0.1, 0.15) is 17.3 Å². The van der Waals surface area contributed by atoms with E-state index < -0.39 is 0 Å². The van der Waals surface area contributed by atoms with E-state index in [2.05, 4.69) is 25.5 Å². The fourth-order valence-electron chi connectivity index (χ4n) is 3.65. The molecular weight excluding hydrogens is 412 g/mol. The maximum absolute atomic E-state index is 12.4. The molecule has 3 heterocycles. The van der Waals surface area contributed by atoms with Crippen molar-refractivity contribution in [1.29, 1.82) is 0 Å². The van der Waals surface area contributed by atoms with Crippen LogP contribution >= 0.6 is 0 Å². The minimum absolute atomic E-state index is 0.0430. The zero-order valence-corrected chi connectivity index (χ0v) is 18.4. The van der Waals surface area contributed by atoms with Gasteiger partial charge in [-0.3, -0.25) is 4.79 Å². The highest BCUT2D eigenvalue weighted by atomic mass is 16.5. The van der Waals surface area contributed by atoms with E-state index in [1.165, 1.54) is 0 Å². The van der Waals surface area contributed by atoms with Crippen LogP contribution in [-0.4, -0.2) is 72.8 Å². The average Bonchev–Trinajstić information content (AvgIpc) is 3.25. The Hall–Kier alpha value is -3.40. The molecule has 0 atom stereocenters. The number of ether oxygens (including phenoxy) is 3. The largest absolute Gasteiger partial charge is 0.497 e. The molecule has 0 aliphatic carbocycles. The summed E-state index contributed by atoms with van der Waals surface area (Å²) in [5, 5.41) is 16.0. The number of anilines is 1. The van der Waals surface area contributed by atoms with Gasteiger partial charge in [-0.2, -0.15) is 4.52 Å². The Balaban J connectivity index is 1.31. The SMILES string of the molecule is COc1ccc(CCNC(=O)CCc2nnc3ccc(N4CCOCC4)nn23)c(OC)c1. The third kappa shape index (κ3) is 5.08. The van der Waals surface area contributed by atoms with Crippen molar-refractivity contribution in [2.24, 2.45) is 0 Å².